The topological polar surface area (TPSA) is 112 Å². The fraction of sp³-hybridized carbons (Fsp3) is 0.320. The molecule has 3 aromatic rings. The summed E-state index contributed by atoms with van der Waals surface area (Å²) in [5.74, 6) is 1.54. The highest BCUT2D eigenvalue weighted by Crippen LogP contribution is 2.26. The summed E-state index contributed by atoms with van der Waals surface area (Å²) in [6.07, 6.45) is 5.29. The first-order valence-electron chi connectivity index (χ1n) is 11.3. The normalized spacial score (nSPS) is 14.0. The van der Waals surface area contributed by atoms with Crippen LogP contribution < -0.4 is 21.1 Å². The molecule has 1 aliphatic heterocycles. The van der Waals surface area contributed by atoms with Crippen LogP contribution in [0.15, 0.2) is 54.9 Å². The van der Waals surface area contributed by atoms with Crippen molar-refractivity contribution in [1.82, 2.24) is 14.9 Å². The number of nitrogens with one attached hydrogen (secondary N) is 3. The van der Waals surface area contributed by atoms with Gasteiger partial charge in [0.25, 0.3) is 0 Å². The summed E-state index contributed by atoms with van der Waals surface area (Å²) >= 11 is 0. The van der Waals surface area contributed by atoms with Crippen LogP contribution in [0.1, 0.15) is 30.4 Å². The van der Waals surface area contributed by atoms with Crippen LogP contribution in [0, 0.1) is 5.41 Å². The Bertz CT molecular complexity index is 1060. The van der Waals surface area contributed by atoms with E-state index in [2.05, 4.69) is 25.5 Å². The van der Waals surface area contributed by atoms with Crippen LogP contribution in [0.5, 0.6) is 5.75 Å². The number of rotatable bonds is 9. The lowest BCUT2D eigenvalue weighted by Gasteiger charge is -2.26. The predicted molar refractivity (Wildman–Crippen MR) is 134 cm³/mol. The first-order valence-corrected chi connectivity index (χ1v) is 11.3. The Labute approximate surface area is 194 Å². The summed E-state index contributed by atoms with van der Waals surface area (Å²) < 4.78 is 5.92. The van der Waals surface area contributed by atoms with Crippen LogP contribution in [-0.4, -0.2) is 53.9 Å². The third-order valence-electron chi connectivity index (χ3n) is 5.83. The van der Waals surface area contributed by atoms with Crippen molar-refractivity contribution in [3.05, 3.63) is 66.0 Å². The van der Waals surface area contributed by atoms with E-state index in [9.17, 15) is 0 Å². The van der Waals surface area contributed by atoms with Crippen molar-refractivity contribution in [2.75, 3.05) is 49.7 Å². The molecule has 2 aromatic carbocycles. The lowest BCUT2D eigenvalue weighted by molar-refractivity contribution is 0.183. The second-order valence-electron chi connectivity index (χ2n) is 8.09. The lowest BCUT2D eigenvalue weighted by atomic mass is 10.0. The number of benzene rings is 2. The molecule has 0 atom stereocenters. The maximum Gasteiger partial charge on any atom is 0.145 e. The molecule has 5 N–H and O–H groups in total. The van der Waals surface area contributed by atoms with Gasteiger partial charge in [0.05, 0.1) is 11.3 Å². The lowest BCUT2D eigenvalue weighted by Crippen LogP contribution is -2.33. The molecule has 0 saturated carbocycles. The minimum absolute atomic E-state index is 0.252. The van der Waals surface area contributed by atoms with Gasteiger partial charge >= 0.3 is 0 Å². The molecule has 0 bridgehead atoms. The third kappa shape index (κ3) is 5.78. The largest absolute Gasteiger partial charge is 0.492 e. The SMILES string of the molecule is CNc1ccc(Nc2ncnc(N)c2C(=N)c2ccc(OCCN3CCCCC3)cc2)cc1. The minimum atomic E-state index is 0.252. The average molecular weight is 446 g/mol. The van der Waals surface area contributed by atoms with E-state index in [1.54, 1.807) is 0 Å². The summed E-state index contributed by atoms with van der Waals surface area (Å²) in [6, 6.07) is 15.3. The van der Waals surface area contributed by atoms with Gasteiger partial charge in [0.2, 0.25) is 0 Å². The molecule has 8 nitrogen and oxygen atoms in total. The van der Waals surface area contributed by atoms with Gasteiger partial charge in [-0.1, -0.05) is 6.42 Å². The van der Waals surface area contributed by atoms with E-state index in [4.69, 9.17) is 15.9 Å². The van der Waals surface area contributed by atoms with Crippen molar-refractivity contribution in [2.24, 2.45) is 0 Å². The van der Waals surface area contributed by atoms with E-state index >= 15 is 0 Å². The number of piperidine rings is 1. The van der Waals surface area contributed by atoms with Crippen LogP contribution in [-0.2, 0) is 0 Å². The van der Waals surface area contributed by atoms with Crippen molar-refractivity contribution in [3.8, 4) is 5.75 Å². The molecule has 4 rings (SSSR count). The highest BCUT2D eigenvalue weighted by atomic mass is 16.5. The zero-order valence-electron chi connectivity index (χ0n) is 19.0. The number of hydrogen-bond donors (Lipinski definition) is 4. The maximum atomic E-state index is 8.77. The highest BCUT2D eigenvalue weighted by molar-refractivity contribution is 6.16. The Balaban J connectivity index is 1.43. The Morgan fingerprint density at radius 3 is 2.39 bits per heavy atom. The minimum Gasteiger partial charge on any atom is -0.492 e. The summed E-state index contributed by atoms with van der Waals surface area (Å²) in [6.45, 7) is 3.93. The van der Waals surface area contributed by atoms with Crippen LogP contribution in [0.3, 0.4) is 0 Å². The molecule has 1 saturated heterocycles. The fourth-order valence-corrected chi connectivity index (χ4v) is 3.94. The molecule has 1 aliphatic rings. The summed E-state index contributed by atoms with van der Waals surface area (Å²) in [7, 11) is 1.87. The van der Waals surface area contributed by atoms with E-state index in [1.807, 2.05) is 55.6 Å². The van der Waals surface area contributed by atoms with Gasteiger partial charge in [-0.3, -0.25) is 10.3 Å². The van der Waals surface area contributed by atoms with Crippen LogP contribution >= 0.6 is 0 Å². The summed E-state index contributed by atoms with van der Waals surface area (Å²) in [5.41, 5.74) is 9.44. The third-order valence-corrected chi connectivity index (χ3v) is 5.83. The molecule has 8 heteroatoms. The molecule has 0 spiro atoms. The molecular weight excluding hydrogens is 414 g/mol. The van der Waals surface area contributed by atoms with Gasteiger partial charge in [0.15, 0.2) is 0 Å². The zero-order chi connectivity index (χ0) is 23.0. The van der Waals surface area contributed by atoms with E-state index in [0.717, 1.165) is 36.8 Å². The van der Waals surface area contributed by atoms with Crippen LogP contribution in [0.25, 0.3) is 0 Å². The highest BCUT2D eigenvalue weighted by Gasteiger charge is 2.17. The second kappa shape index (κ2) is 10.8. The quantitative estimate of drug-likeness (QED) is 0.366. The molecule has 1 fully saturated rings. The van der Waals surface area contributed by atoms with Gasteiger partial charge in [-0.15, -0.1) is 0 Å². The Morgan fingerprint density at radius 1 is 1.00 bits per heavy atom. The van der Waals surface area contributed by atoms with Crippen molar-refractivity contribution >= 4 is 28.7 Å². The molecule has 0 unspecified atom stereocenters. The second-order valence-corrected chi connectivity index (χ2v) is 8.09. The number of likely N-dealkylation sites (tertiary alicyclic amines) is 1. The van der Waals surface area contributed by atoms with E-state index in [-0.39, 0.29) is 11.5 Å². The molecule has 2 heterocycles. The van der Waals surface area contributed by atoms with Gasteiger partial charge < -0.3 is 21.1 Å². The fourth-order valence-electron chi connectivity index (χ4n) is 3.94. The van der Waals surface area contributed by atoms with Gasteiger partial charge in [-0.25, -0.2) is 9.97 Å². The molecule has 0 aliphatic carbocycles. The van der Waals surface area contributed by atoms with E-state index < -0.39 is 0 Å². The molecular formula is C25H31N7O. The van der Waals surface area contributed by atoms with Crippen molar-refractivity contribution in [3.63, 3.8) is 0 Å². The number of nitrogens with two attached hydrogens (primary N) is 1. The van der Waals surface area contributed by atoms with Gasteiger partial charge in [0.1, 0.15) is 30.3 Å². The van der Waals surface area contributed by atoms with Gasteiger partial charge in [-0.2, -0.15) is 0 Å². The smallest absolute Gasteiger partial charge is 0.145 e. The summed E-state index contributed by atoms with van der Waals surface area (Å²) in [5, 5.41) is 15.1. The van der Waals surface area contributed by atoms with Crippen molar-refractivity contribution in [2.45, 2.75) is 19.3 Å². The van der Waals surface area contributed by atoms with Gasteiger partial charge in [-0.05, 0) is 74.5 Å². The Morgan fingerprint density at radius 2 is 1.70 bits per heavy atom. The van der Waals surface area contributed by atoms with Crippen molar-refractivity contribution in [1.29, 1.82) is 5.41 Å². The first kappa shape index (κ1) is 22.5. The Kier molecular flexibility index (Phi) is 7.36. The molecule has 33 heavy (non-hydrogen) atoms. The number of anilines is 4. The number of ether oxygens (including phenoxy) is 1. The van der Waals surface area contributed by atoms with Crippen LogP contribution in [0.2, 0.25) is 0 Å². The first-order chi connectivity index (χ1) is 16.1. The maximum absolute atomic E-state index is 8.77. The molecule has 172 valence electrons. The molecule has 0 amide bonds. The number of nitrogens with zero attached hydrogens (tertiary/aromatic N) is 3. The number of nitrogen functional groups attached to an aromatic ring is 1. The average Bonchev–Trinajstić information content (AvgIpc) is 2.85. The van der Waals surface area contributed by atoms with E-state index in [1.165, 1.54) is 25.6 Å². The molecule has 1 aromatic heterocycles. The zero-order valence-corrected chi connectivity index (χ0v) is 19.0. The standard InChI is InChI=1S/C25H31N7O/c1-28-19-7-9-20(10-8-19)31-25-22(24(27)29-17-30-25)23(26)18-5-11-21(12-6-18)33-16-15-32-13-3-2-4-14-32/h5-12,17,26,28H,2-4,13-16H2,1H3,(H3,27,29,30,31). The predicted octanol–water partition coefficient (Wildman–Crippen LogP) is 4.12. The van der Waals surface area contributed by atoms with E-state index in [0.29, 0.717) is 23.6 Å². The summed E-state index contributed by atoms with van der Waals surface area (Å²) in [4.78, 5) is 10.9. The van der Waals surface area contributed by atoms with Crippen molar-refractivity contribution < 1.29 is 4.74 Å². The molecule has 0 radical (unpaired) electrons. The monoisotopic (exact) mass is 445 g/mol. The number of aromatic nitrogens is 2. The van der Waals surface area contributed by atoms with Crippen LogP contribution in [0.4, 0.5) is 23.0 Å². The Hall–Kier alpha value is -3.65. The number of hydrogen-bond acceptors (Lipinski definition) is 8. The van der Waals surface area contributed by atoms with Gasteiger partial charge in [0, 0.05) is 30.5 Å².